The van der Waals surface area contributed by atoms with Crippen LogP contribution in [-0.4, -0.2) is 23.1 Å². The molecular formula is C21H33N5. The van der Waals surface area contributed by atoms with Crippen molar-refractivity contribution in [1.82, 2.24) is 9.97 Å². The number of nitrogens with zero attached hydrogens (tertiary/aromatic N) is 3. The van der Waals surface area contributed by atoms with Crippen LogP contribution in [0.2, 0.25) is 0 Å². The third-order valence-electron chi connectivity index (χ3n) is 4.17. The van der Waals surface area contributed by atoms with E-state index in [9.17, 15) is 0 Å². The molecule has 1 heterocycles. The zero-order chi connectivity index (χ0) is 19.3. The first-order valence-electron chi connectivity index (χ1n) is 9.50. The van der Waals surface area contributed by atoms with Gasteiger partial charge < -0.3 is 16.0 Å². The van der Waals surface area contributed by atoms with Gasteiger partial charge in [0.25, 0.3) is 0 Å². The second-order valence-corrected chi connectivity index (χ2v) is 8.05. The van der Waals surface area contributed by atoms with Gasteiger partial charge in [-0.15, -0.1) is 0 Å². The van der Waals surface area contributed by atoms with Gasteiger partial charge in [-0.25, -0.2) is 9.97 Å². The molecule has 0 aliphatic heterocycles. The lowest BCUT2D eigenvalue weighted by molar-refractivity contribution is 0.549. The minimum absolute atomic E-state index is 0.514. The summed E-state index contributed by atoms with van der Waals surface area (Å²) in [6, 6.07) is 8.40. The number of hydrogen-bond donors (Lipinski definition) is 2. The molecule has 1 aromatic carbocycles. The van der Waals surface area contributed by atoms with Crippen molar-refractivity contribution in [3.63, 3.8) is 0 Å². The Hall–Kier alpha value is -2.30. The molecule has 0 amide bonds. The Bertz CT molecular complexity index is 682. The number of nitrogens with two attached hydrogens (primary N) is 1. The van der Waals surface area contributed by atoms with E-state index in [4.69, 9.17) is 5.73 Å². The van der Waals surface area contributed by atoms with Gasteiger partial charge in [0.1, 0.15) is 12.0 Å². The minimum Gasteiger partial charge on any atom is -0.393 e. The molecule has 0 radical (unpaired) electrons. The summed E-state index contributed by atoms with van der Waals surface area (Å²) in [5.74, 6) is 3.04. The van der Waals surface area contributed by atoms with Gasteiger partial charge in [-0.1, -0.05) is 53.7 Å². The number of anilines is 4. The maximum atomic E-state index is 6.43. The fraction of sp³-hybridized carbons (Fsp3) is 0.524. The standard InChI is InChI=1S/C21H33N5/c1-14(2)11-26(12-15(3)4)21-19(22)20(23-13-24-21)25-18-9-7-17(8-10-18)16(5)6/h7-10,13-16H,11-12,22H2,1-6H3,(H,23,24,25). The monoisotopic (exact) mass is 355 g/mol. The maximum Gasteiger partial charge on any atom is 0.159 e. The van der Waals surface area contributed by atoms with Crippen molar-refractivity contribution < 1.29 is 0 Å². The summed E-state index contributed by atoms with van der Waals surface area (Å²) in [6.07, 6.45) is 1.59. The molecule has 3 N–H and O–H groups in total. The van der Waals surface area contributed by atoms with Crippen LogP contribution in [0.1, 0.15) is 53.0 Å². The largest absolute Gasteiger partial charge is 0.393 e. The summed E-state index contributed by atoms with van der Waals surface area (Å²) in [7, 11) is 0. The smallest absolute Gasteiger partial charge is 0.159 e. The summed E-state index contributed by atoms with van der Waals surface area (Å²) in [5, 5.41) is 3.34. The van der Waals surface area contributed by atoms with E-state index in [1.54, 1.807) is 6.33 Å². The molecule has 26 heavy (non-hydrogen) atoms. The van der Waals surface area contributed by atoms with Crippen LogP contribution < -0.4 is 16.0 Å². The van der Waals surface area contributed by atoms with Gasteiger partial charge in [0.15, 0.2) is 11.6 Å². The molecule has 0 aliphatic carbocycles. The van der Waals surface area contributed by atoms with Crippen LogP contribution in [0.5, 0.6) is 0 Å². The molecule has 0 spiro atoms. The fourth-order valence-electron chi connectivity index (χ4n) is 2.95. The van der Waals surface area contributed by atoms with Crippen molar-refractivity contribution in [3.8, 4) is 0 Å². The number of aromatic nitrogens is 2. The summed E-state index contributed by atoms with van der Waals surface area (Å²) in [4.78, 5) is 11.1. The Balaban J connectivity index is 2.26. The van der Waals surface area contributed by atoms with Gasteiger partial charge >= 0.3 is 0 Å². The number of nitrogens with one attached hydrogen (secondary N) is 1. The third kappa shape index (κ3) is 5.35. The van der Waals surface area contributed by atoms with Crippen molar-refractivity contribution in [2.24, 2.45) is 11.8 Å². The maximum absolute atomic E-state index is 6.43. The SMILES string of the molecule is CC(C)CN(CC(C)C)c1ncnc(Nc2ccc(C(C)C)cc2)c1N. The Morgan fingerprint density at radius 3 is 2.00 bits per heavy atom. The zero-order valence-corrected chi connectivity index (χ0v) is 17.0. The molecule has 0 aliphatic rings. The van der Waals surface area contributed by atoms with Gasteiger partial charge in [-0.3, -0.25) is 0 Å². The highest BCUT2D eigenvalue weighted by molar-refractivity contribution is 5.78. The number of nitrogen functional groups attached to an aromatic ring is 1. The van der Waals surface area contributed by atoms with Crippen LogP contribution in [0, 0.1) is 11.8 Å². The molecule has 0 bridgehead atoms. The van der Waals surface area contributed by atoms with E-state index < -0.39 is 0 Å². The van der Waals surface area contributed by atoms with Gasteiger partial charge in [-0.05, 0) is 35.4 Å². The molecule has 5 heteroatoms. The van der Waals surface area contributed by atoms with E-state index in [2.05, 4.69) is 86.0 Å². The Labute approximate surface area is 158 Å². The lowest BCUT2D eigenvalue weighted by Gasteiger charge is -2.28. The predicted octanol–water partition coefficient (Wildman–Crippen LogP) is 5.04. The molecule has 0 fully saturated rings. The van der Waals surface area contributed by atoms with Crippen molar-refractivity contribution in [2.75, 3.05) is 29.0 Å². The topological polar surface area (TPSA) is 67.1 Å². The Morgan fingerprint density at radius 1 is 0.923 bits per heavy atom. The highest BCUT2D eigenvalue weighted by Gasteiger charge is 2.17. The van der Waals surface area contributed by atoms with Gasteiger partial charge in [0, 0.05) is 18.8 Å². The van der Waals surface area contributed by atoms with E-state index in [-0.39, 0.29) is 0 Å². The summed E-state index contributed by atoms with van der Waals surface area (Å²) >= 11 is 0. The van der Waals surface area contributed by atoms with Gasteiger partial charge in [-0.2, -0.15) is 0 Å². The highest BCUT2D eigenvalue weighted by atomic mass is 15.2. The van der Waals surface area contributed by atoms with Crippen LogP contribution in [0.25, 0.3) is 0 Å². The fourth-order valence-corrected chi connectivity index (χ4v) is 2.95. The van der Waals surface area contributed by atoms with Gasteiger partial charge in [0.05, 0.1) is 0 Å². The normalized spacial score (nSPS) is 11.4. The van der Waals surface area contributed by atoms with Gasteiger partial charge in [0.2, 0.25) is 0 Å². The molecule has 142 valence electrons. The predicted molar refractivity (Wildman–Crippen MR) is 112 cm³/mol. The average molecular weight is 356 g/mol. The molecule has 5 nitrogen and oxygen atoms in total. The van der Waals surface area contributed by atoms with Crippen LogP contribution in [0.4, 0.5) is 23.0 Å². The van der Waals surface area contributed by atoms with Crippen molar-refractivity contribution in [1.29, 1.82) is 0 Å². The molecule has 2 rings (SSSR count). The second kappa shape index (κ2) is 8.88. The highest BCUT2D eigenvalue weighted by Crippen LogP contribution is 2.30. The van der Waals surface area contributed by atoms with E-state index in [1.807, 2.05) is 0 Å². The lowest BCUT2D eigenvalue weighted by atomic mass is 10.0. The number of rotatable bonds is 8. The van der Waals surface area contributed by atoms with Crippen LogP contribution in [0.15, 0.2) is 30.6 Å². The number of benzene rings is 1. The first-order chi connectivity index (χ1) is 12.3. The molecule has 0 atom stereocenters. The quantitative estimate of drug-likeness (QED) is 0.694. The molecule has 1 aromatic heterocycles. The second-order valence-electron chi connectivity index (χ2n) is 8.05. The first kappa shape index (κ1) is 20.0. The van der Waals surface area contributed by atoms with Crippen molar-refractivity contribution in [2.45, 2.75) is 47.5 Å². The first-order valence-corrected chi connectivity index (χ1v) is 9.50. The lowest BCUT2D eigenvalue weighted by Crippen LogP contribution is -2.32. The molecule has 2 aromatic rings. The number of hydrogen-bond acceptors (Lipinski definition) is 5. The van der Waals surface area contributed by atoms with Crippen molar-refractivity contribution >= 4 is 23.0 Å². The average Bonchev–Trinajstić information content (AvgIpc) is 2.56. The van der Waals surface area contributed by atoms with E-state index in [0.29, 0.717) is 29.3 Å². The van der Waals surface area contributed by atoms with E-state index in [0.717, 1.165) is 24.6 Å². The van der Waals surface area contributed by atoms with E-state index in [1.165, 1.54) is 5.56 Å². The van der Waals surface area contributed by atoms with Crippen molar-refractivity contribution in [3.05, 3.63) is 36.2 Å². The van der Waals surface area contributed by atoms with E-state index >= 15 is 0 Å². The summed E-state index contributed by atoms with van der Waals surface area (Å²) in [6.45, 7) is 15.1. The van der Waals surface area contributed by atoms with Crippen LogP contribution >= 0.6 is 0 Å². The minimum atomic E-state index is 0.514. The molecule has 0 saturated heterocycles. The zero-order valence-electron chi connectivity index (χ0n) is 17.0. The van der Waals surface area contributed by atoms with Crippen LogP contribution in [0.3, 0.4) is 0 Å². The van der Waals surface area contributed by atoms with Crippen LogP contribution in [-0.2, 0) is 0 Å². The Morgan fingerprint density at radius 2 is 1.50 bits per heavy atom. The summed E-state index contributed by atoms with van der Waals surface area (Å²) in [5.41, 5.74) is 9.32. The molecular weight excluding hydrogens is 322 g/mol. The Kier molecular flexibility index (Phi) is 6.83. The summed E-state index contributed by atoms with van der Waals surface area (Å²) < 4.78 is 0. The molecule has 0 saturated carbocycles. The molecule has 0 unspecified atom stereocenters. The third-order valence-corrected chi connectivity index (χ3v) is 4.17.